The van der Waals surface area contributed by atoms with Crippen molar-refractivity contribution in [1.82, 2.24) is 9.97 Å². The molecule has 1 aromatic heterocycles. The molecule has 4 heteroatoms. The minimum atomic E-state index is 0.839. The van der Waals surface area contributed by atoms with Crippen LogP contribution in [0.4, 0.5) is 11.6 Å². The Morgan fingerprint density at radius 3 is 3.00 bits per heavy atom. The summed E-state index contributed by atoms with van der Waals surface area (Å²) in [6.07, 6.45) is 3.91. The molecule has 0 bridgehead atoms. The average Bonchev–Trinajstić information content (AvgIpc) is 2.77. The van der Waals surface area contributed by atoms with Crippen LogP contribution >= 0.6 is 0 Å². The highest BCUT2D eigenvalue weighted by Crippen LogP contribution is 2.26. The molecule has 1 atom stereocenters. The van der Waals surface area contributed by atoms with E-state index in [0.717, 1.165) is 36.5 Å². The first-order valence-electron chi connectivity index (χ1n) is 6.51. The molecule has 0 aliphatic carbocycles. The van der Waals surface area contributed by atoms with Gasteiger partial charge < -0.3 is 10.2 Å². The van der Waals surface area contributed by atoms with Gasteiger partial charge in [-0.1, -0.05) is 13.3 Å². The van der Waals surface area contributed by atoms with Crippen LogP contribution < -0.4 is 10.2 Å². The number of anilines is 2. The summed E-state index contributed by atoms with van der Waals surface area (Å²) >= 11 is 0. The molecule has 1 aromatic rings. The van der Waals surface area contributed by atoms with Crippen LogP contribution in [0.5, 0.6) is 0 Å². The highest BCUT2D eigenvalue weighted by Gasteiger charge is 2.23. The Labute approximate surface area is 103 Å². The quantitative estimate of drug-likeness (QED) is 0.869. The normalized spacial score (nSPS) is 19.7. The maximum absolute atomic E-state index is 4.53. The van der Waals surface area contributed by atoms with E-state index < -0.39 is 0 Å². The van der Waals surface area contributed by atoms with Crippen molar-refractivity contribution in [3.63, 3.8) is 0 Å². The second-order valence-corrected chi connectivity index (χ2v) is 4.80. The van der Waals surface area contributed by atoms with Gasteiger partial charge in [0.2, 0.25) is 0 Å². The Bertz CT molecular complexity index is 378. The number of rotatable bonds is 4. The Kier molecular flexibility index (Phi) is 3.82. The monoisotopic (exact) mass is 234 g/mol. The van der Waals surface area contributed by atoms with Gasteiger partial charge in [-0.15, -0.1) is 0 Å². The number of aromatic nitrogens is 2. The fourth-order valence-electron chi connectivity index (χ4n) is 2.53. The summed E-state index contributed by atoms with van der Waals surface area (Å²) < 4.78 is 0. The predicted octanol–water partition coefficient (Wildman–Crippen LogP) is 2.45. The second kappa shape index (κ2) is 5.34. The van der Waals surface area contributed by atoms with Crippen molar-refractivity contribution in [3.05, 3.63) is 11.9 Å². The van der Waals surface area contributed by atoms with Gasteiger partial charge in [-0.05, 0) is 25.7 Å². The number of aryl methyl sites for hydroxylation is 1. The second-order valence-electron chi connectivity index (χ2n) is 4.80. The molecule has 1 unspecified atom stereocenters. The van der Waals surface area contributed by atoms with Crippen LogP contribution in [-0.4, -0.2) is 30.1 Å². The van der Waals surface area contributed by atoms with E-state index >= 15 is 0 Å². The third kappa shape index (κ3) is 2.87. The van der Waals surface area contributed by atoms with Gasteiger partial charge in [0.15, 0.2) is 0 Å². The number of nitrogens with one attached hydrogen (secondary N) is 1. The summed E-state index contributed by atoms with van der Waals surface area (Å²) in [5.41, 5.74) is 0. The number of hydrogen-bond donors (Lipinski definition) is 1. The zero-order valence-corrected chi connectivity index (χ0v) is 11.0. The first kappa shape index (κ1) is 12.1. The first-order chi connectivity index (χ1) is 8.22. The fraction of sp³-hybridized carbons (Fsp3) is 0.692. The summed E-state index contributed by atoms with van der Waals surface area (Å²) in [7, 11) is 1.90. The molecule has 4 nitrogen and oxygen atoms in total. The van der Waals surface area contributed by atoms with Crippen molar-refractivity contribution in [2.24, 2.45) is 5.92 Å². The molecule has 1 N–H and O–H groups in total. The van der Waals surface area contributed by atoms with E-state index in [1.54, 1.807) is 0 Å². The van der Waals surface area contributed by atoms with Crippen molar-refractivity contribution < 1.29 is 0 Å². The SMILES string of the molecule is CCCC1CCN(c2cc(NC)nc(C)n2)C1. The van der Waals surface area contributed by atoms with Gasteiger partial charge in [0.25, 0.3) is 0 Å². The molecular weight excluding hydrogens is 212 g/mol. The van der Waals surface area contributed by atoms with Crippen molar-refractivity contribution in [2.75, 3.05) is 30.4 Å². The summed E-state index contributed by atoms with van der Waals surface area (Å²) in [5.74, 6) is 3.66. The van der Waals surface area contributed by atoms with E-state index in [4.69, 9.17) is 0 Å². The largest absolute Gasteiger partial charge is 0.373 e. The molecule has 17 heavy (non-hydrogen) atoms. The van der Waals surface area contributed by atoms with E-state index in [1.165, 1.54) is 19.3 Å². The highest BCUT2D eigenvalue weighted by molar-refractivity contribution is 5.49. The Morgan fingerprint density at radius 2 is 2.29 bits per heavy atom. The Hall–Kier alpha value is -1.32. The van der Waals surface area contributed by atoms with E-state index in [2.05, 4.69) is 27.1 Å². The highest BCUT2D eigenvalue weighted by atomic mass is 15.2. The summed E-state index contributed by atoms with van der Waals surface area (Å²) in [4.78, 5) is 11.2. The minimum Gasteiger partial charge on any atom is -0.373 e. The smallest absolute Gasteiger partial charge is 0.134 e. The number of hydrogen-bond acceptors (Lipinski definition) is 4. The van der Waals surface area contributed by atoms with Gasteiger partial charge in [0, 0.05) is 26.2 Å². The topological polar surface area (TPSA) is 41.0 Å². The van der Waals surface area contributed by atoms with Crippen LogP contribution in [0.15, 0.2) is 6.07 Å². The molecule has 0 amide bonds. The number of nitrogens with zero attached hydrogens (tertiary/aromatic N) is 3. The third-order valence-corrected chi connectivity index (χ3v) is 3.39. The van der Waals surface area contributed by atoms with Gasteiger partial charge in [0.05, 0.1) is 0 Å². The van der Waals surface area contributed by atoms with Crippen molar-refractivity contribution >= 4 is 11.6 Å². The molecule has 0 radical (unpaired) electrons. The molecule has 1 fully saturated rings. The predicted molar refractivity (Wildman–Crippen MR) is 71.5 cm³/mol. The van der Waals surface area contributed by atoms with Crippen molar-refractivity contribution in [1.29, 1.82) is 0 Å². The lowest BCUT2D eigenvalue weighted by atomic mass is 10.0. The Morgan fingerprint density at radius 1 is 1.47 bits per heavy atom. The van der Waals surface area contributed by atoms with Crippen LogP contribution in [0.1, 0.15) is 32.0 Å². The van der Waals surface area contributed by atoms with Crippen LogP contribution in [0.25, 0.3) is 0 Å². The molecule has 0 spiro atoms. The lowest BCUT2D eigenvalue weighted by molar-refractivity contribution is 0.529. The zero-order valence-electron chi connectivity index (χ0n) is 11.0. The first-order valence-corrected chi connectivity index (χ1v) is 6.51. The molecular formula is C13H22N4. The lowest BCUT2D eigenvalue weighted by Gasteiger charge is -2.18. The maximum atomic E-state index is 4.53. The Balaban J connectivity index is 2.10. The van der Waals surface area contributed by atoms with Gasteiger partial charge >= 0.3 is 0 Å². The van der Waals surface area contributed by atoms with Crippen LogP contribution in [0.2, 0.25) is 0 Å². The molecule has 0 aromatic carbocycles. The third-order valence-electron chi connectivity index (χ3n) is 3.39. The van der Waals surface area contributed by atoms with Crippen molar-refractivity contribution in [3.8, 4) is 0 Å². The molecule has 94 valence electrons. The lowest BCUT2D eigenvalue weighted by Crippen LogP contribution is -2.21. The zero-order chi connectivity index (χ0) is 12.3. The van der Waals surface area contributed by atoms with Crippen LogP contribution in [-0.2, 0) is 0 Å². The summed E-state index contributed by atoms with van der Waals surface area (Å²) in [6, 6.07) is 2.04. The molecule has 2 heterocycles. The standard InChI is InChI=1S/C13H22N4/c1-4-5-11-6-7-17(9-11)13-8-12(14-3)15-10(2)16-13/h8,11H,4-7,9H2,1-3H3,(H,14,15,16). The van der Waals surface area contributed by atoms with Gasteiger partial charge in [-0.3, -0.25) is 0 Å². The summed E-state index contributed by atoms with van der Waals surface area (Å²) in [5, 5.41) is 3.09. The maximum Gasteiger partial charge on any atom is 0.134 e. The van der Waals surface area contributed by atoms with Gasteiger partial charge in [-0.2, -0.15) is 0 Å². The van der Waals surface area contributed by atoms with E-state index in [1.807, 2.05) is 20.0 Å². The average molecular weight is 234 g/mol. The van der Waals surface area contributed by atoms with Crippen LogP contribution in [0.3, 0.4) is 0 Å². The molecule has 1 saturated heterocycles. The van der Waals surface area contributed by atoms with Crippen LogP contribution in [0, 0.1) is 12.8 Å². The molecule has 1 aliphatic heterocycles. The summed E-state index contributed by atoms with van der Waals surface area (Å²) in [6.45, 7) is 6.48. The fourth-order valence-corrected chi connectivity index (χ4v) is 2.53. The van der Waals surface area contributed by atoms with E-state index in [9.17, 15) is 0 Å². The van der Waals surface area contributed by atoms with E-state index in [-0.39, 0.29) is 0 Å². The van der Waals surface area contributed by atoms with E-state index in [0.29, 0.717) is 0 Å². The molecule has 1 aliphatic rings. The molecule has 0 saturated carbocycles. The molecule has 2 rings (SSSR count). The van der Waals surface area contributed by atoms with Crippen molar-refractivity contribution in [2.45, 2.75) is 33.1 Å². The van der Waals surface area contributed by atoms with Gasteiger partial charge in [-0.25, -0.2) is 9.97 Å². The van der Waals surface area contributed by atoms with Gasteiger partial charge in [0.1, 0.15) is 17.5 Å². The minimum absolute atomic E-state index is 0.839.